The molecule has 2 nitrogen and oxygen atoms in total. The van der Waals surface area contributed by atoms with Crippen LogP contribution in [0.5, 0.6) is 0 Å². The van der Waals surface area contributed by atoms with Crippen molar-refractivity contribution in [2.45, 2.75) is 39.5 Å². The normalized spacial score (nSPS) is 11.2. The lowest BCUT2D eigenvalue weighted by molar-refractivity contribution is 0.112. The maximum absolute atomic E-state index is 5.47. The molecule has 0 aromatic carbocycles. The molecule has 0 aromatic heterocycles. The van der Waals surface area contributed by atoms with Crippen molar-refractivity contribution in [1.29, 1.82) is 0 Å². The first-order valence-electron chi connectivity index (χ1n) is 6.11. The third-order valence-corrected chi connectivity index (χ3v) is 2.67. The van der Waals surface area contributed by atoms with Crippen molar-refractivity contribution in [3.8, 4) is 0 Å². The van der Waals surface area contributed by atoms with Gasteiger partial charge >= 0.3 is 0 Å². The quantitative estimate of drug-likeness (QED) is 0.463. The summed E-state index contributed by atoms with van der Waals surface area (Å²) in [5.74, 6) is 0.647. The topological polar surface area (TPSA) is 21.3 Å². The molecule has 0 atom stereocenters. The molecule has 0 fully saturated rings. The Hall–Kier alpha value is 0.400. The van der Waals surface area contributed by atoms with E-state index in [0.717, 1.165) is 31.6 Å². The van der Waals surface area contributed by atoms with Gasteiger partial charge in [-0.25, -0.2) is 0 Å². The van der Waals surface area contributed by atoms with Crippen molar-refractivity contribution in [2.75, 3.05) is 31.6 Å². The van der Waals surface area contributed by atoms with Crippen LogP contribution in [0.15, 0.2) is 0 Å². The van der Waals surface area contributed by atoms with Crippen LogP contribution in [0.1, 0.15) is 39.5 Å². The third-order valence-electron chi connectivity index (χ3n) is 2.11. The predicted octanol–water partition coefficient (Wildman–Crippen LogP) is 3.20. The van der Waals surface area contributed by atoms with E-state index in [9.17, 15) is 0 Å². The third kappa shape index (κ3) is 14.4. The summed E-state index contributed by atoms with van der Waals surface area (Å²) in [6, 6.07) is 0. The molecule has 0 spiro atoms. The minimum atomic E-state index is 0.647. The molecule has 15 heavy (non-hydrogen) atoms. The second kappa shape index (κ2) is 12.5. The van der Waals surface area contributed by atoms with Crippen molar-refractivity contribution in [3.63, 3.8) is 0 Å². The SMILES string of the molecule is CC(C)COCCNCCCCCCBr. The number of halogens is 1. The number of rotatable bonds is 11. The van der Waals surface area contributed by atoms with Gasteiger partial charge in [0.05, 0.1) is 6.61 Å². The second-order valence-electron chi connectivity index (χ2n) is 4.32. The number of hydrogen-bond acceptors (Lipinski definition) is 2. The Morgan fingerprint density at radius 2 is 1.80 bits per heavy atom. The van der Waals surface area contributed by atoms with E-state index < -0.39 is 0 Å². The number of unbranched alkanes of at least 4 members (excludes halogenated alkanes) is 3. The van der Waals surface area contributed by atoms with Gasteiger partial charge in [-0.05, 0) is 25.3 Å². The maximum Gasteiger partial charge on any atom is 0.0591 e. The van der Waals surface area contributed by atoms with Gasteiger partial charge in [0.1, 0.15) is 0 Å². The van der Waals surface area contributed by atoms with Crippen LogP contribution >= 0.6 is 15.9 Å². The molecule has 0 aliphatic rings. The lowest BCUT2D eigenvalue weighted by Gasteiger charge is -2.07. The highest BCUT2D eigenvalue weighted by atomic mass is 79.9. The van der Waals surface area contributed by atoms with Gasteiger partial charge in [-0.1, -0.05) is 42.6 Å². The zero-order valence-electron chi connectivity index (χ0n) is 10.2. The molecule has 0 amide bonds. The zero-order chi connectivity index (χ0) is 11.4. The fourth-order valence-electron chi connectivity index (χ4n) is 1.29. The van der Waals surface area contributed by atoms with Crippen LogP contribution in [0.25, 0.3) is 0 Å². The molecule has 0 saturated heterocycles. The van der Waals surface area contributed by atoms with E-state index in [-0.39, 0.29) is 0 Å². The highest BCUT2D eigenvalue weighted by Crippen LogP contribution is 2.00. The summed E-state index contributed by atoms with van der Waals surface area (Å²) in [5, 5.41) is 4.54. The molecule has 3 heteroatoms. The lowest BCUT2D eigenvalue weighted by Crippen LogP contribution is -2.21. The summed E-state index contributed by atoms with van der Waals surface area (Å²) < 4.78 is 5.47. The van der Waals surface area contributed by atoms with E-state index in [0.29, 0.717) is 5.92 Å². The molecule has 0 unspecified atom stereocenters. The van der Waals surface area contributed by atoms with E-state index in [4.69, 9.17) is 4.74 Å². The second-order valence-corrected chi connectivity index (χ2v) is 5.11. The molecule has 0 aliphatic carbocycles. The number of alkyl halides is 1. The van der Waals surface area contributed by atoms with Gasteiger partial charge in [0.2, 0.25) is 0 Å². The van der Waals surface area contributed by atoms with Gasteiger partial charge in [-0.3, -0.25) is 0 Å². The first kappa shape index (κ1) is 15.4. The van der Waals surface area contributed by atoms with Crippen molar-refractivity contribution in [2.24, 2.45) is 5.92 Å². The Balaban J connectivity index is 2.87. The molecule has 0 aliphatic heterocycles. The van der Waals surface area contributed by atoms with Crippen LogP contribution in [-0.2, 0) is 4.74 Å². The number of nitrogens with one attached hydrogen (secondary N) is 1. The van der Waals surface area contributed by atoms with Crippen LogP contribution in [0.4, 0.5) is 0 Å². The van der Waals surface area contributed by atoms with Crippen molar-refractivity contribution >= 4 is 15.9 Å². The van der Waals surface area contributed by atoms with Gasteiger partial charge in [0.25, 0.3) is 0 Å². The summed E-state index contributed by atoms with van der Waals surface area (Å²) in [5.41, 5.74) is 0. The summed E-state index contributed by atoms with van der Waals surface area (Å²) in [7, 11) is 0. The van der Waals surface area contributed by atoms with E-state index in [2.05, 4.69) is 35.1 Å². The molecule has 0 bridgehead atoms. The van der Waals surface area contributed by atoms with E-state index in [1.54, 1.807) is 0 Å². The Morgan fingerprint density at radius 3 is 2.47 bits per heavy atom. The van der Waals surface area contributed by atoms with Gasteiger partial charge in [-0.2, -0.15) is 0 Å². The summed E-state index contributed by atoms with van der Waals surface area (Å²) >= 11 is 3.44. The van der Waals surface area contributed by atoms with E-state index in [1.165, 1.54) is 25.7 Å². The average molecular weight is 280 g/mol. The fraction of sp³-hybridized carbons (Fsp3) is 1.00. The monoisotopic (exact) mass is 279 g/mol. The molecule has 1 N–H and O–H groups in total. The summed E-state index contributed by atoms with van der Waals surface area (Å²) in [6.07, 6.45) is 5.27. The molecule has 92 valence electrons. The summed E-state index contributed by atoms with van der Waals surface area (Å²) in [6.45, 7) is 8.21. The van der Waals surface area contributed by atoms with Crippen LogP contribution < -0.4 is 5.32 Å². The molecular formula is C12H26BrNO. The number of hydrogen-bond donors (Lipinski definition) is 1. The van der Waals surface area contributed by atoms with Crippen LogP contribution in [0, 0.1) is 5.92 Å². The molecule has 0 saturated carbocycles. The summed E-state index contributed by atoms with van der Waals surface area (Å²) in [4.78, 5) is 0. The molecule has 0 rings (SSSR count). The highest BCUT2D eigenvalue weighted by molar-refractivity contribution is 9.09. The van der Waals surface area contributed by atoms with E-state index in [1.807, 2.05) is 0 Å². The maximum atomic E-state index is 5.47. The van der Waals surface area contributed by atoms with Crippen LogP contribution in [0.2, 0.25) is 0 Å². The fourth-order valence-corrected chi connectivity index (χ4v) is 1.68. The Morgan fingerprint density at radius 1 is 1.07 bits per heavy atom. The van der Waals surface area contributed by atoms with E-state index >= 15 is 0 Å². The highest BCUT2D eigenvalue weighted by Gasteiger charge is 1.93. The Bertz CT molecular complexity index is 120. The van der Waals surface area contributed by atoms with Gasteiger partial charge in [-0.15, -0.1) is 0 Å². The van der Waals surface area contributed by atoms with Crippen LogP contribution in [-0.4, -0.2) is 31.6 Å². The average Bonchev–Trinajstić information content (AvgIpc) is 2.20. The largest absolute Gasteiger partial charge is 0.380 e. The Kier molecular flexibility index (Phi) is 12.8. The Labute approximate surface area is 103 Å². The molecule has 0 radical (unpaired) electrons. The van der Waals surface area contributed by atoms with Crippen molar-refractivity contribution in [3.05, 3.63) is 0 Å². The molecule has 0 aromatic rings. The first-order valence-corrected chi connectivity index (χ1v) is 7.24. The predicted molar refractivity (Wildman–Crippen MR) is 70.8 cm³/mol. The minimum Gasteiger partial charge on any atom is -0.380 e. The standard InChI is InChI=1S/C12H26BrNO/c1-12(2)11-15-10-9-14-8-6-4-3-5-7-13/h12,14H,3-11H2,1-2H3. The lowest BCUT2D eigenvalue weighted by atomic mass is 10.2. The minimum absolute atomic E-state index is 0.647. The smallest absolute Gasteiger partial charge is 0.0591 e. The molecular weight excluding hydrogens is 254 g/mol. The van der Waals surface area contributed by atoms with Gasteiger partial charge < -0.3 is 10.1 Å². The zero-order valence-corrected chi connectivity index (χ0v) is 11.8. The molecule has 0 heterocycles. The van der Waals surface area contributed by atoms with Gasteiger partial charge in [0.15, 0.2) is 0 Å². The van der Waals surface area contributed by atoms with Crippen LogP contribution in [0.3, 0.4) is 0 Å². The van der Waals surface area contributed by atoms with Crippen molar-refractivity contribution < 1.29 is 4.74 Å². The number of ether oxygens (including phenoxy) is 1. The first-order chi connectivity index (χ1) is 7.27. The van der Waals surface area contributed by atoms with Gasteiger partial charge in [0, 0.05) is 18.5 Å². The van der Waals surface area contributed by atoms with Crippen molar-refractivity contribution in [1.82, 2.24) is 5.32 Å².